The second-order valence-electron chi connectivity index (χ2n) is 4.10. The first-order valence-electron chi connectivity index (χ1n) is 5.98. The molecule has 0 unspecified atom stereocenters. The van der Waals surface area contributed by atoms with Crippen LogP contribution in [-0.4, -0.2) is 23.2 Å². The highest BCUT2D eigenvalue weighted by Gasteiger charge is 2.06. The van der Waals surface area contributed by atoms with Crippen molar-refractivity contribution in [2.75, 3.05) is 18.1 Å². The van der Waals surface area contributed by atoms with Gasteiger partial charge in [-0.25, -0.2) is 0 Å². The Morgan fingerprint density at radius 3 is 2.94 bits per heavy atom. The average molecular weight is 242 g/mol. The van der Waals surface area contributed by atoms with Crippen LogP contribution in [0.15, 0.2) is 10.6 Å². The SMILES string of the molecule is CCSCCCNCc1cc(C(C)C)no1. The van der Waals surface area contributed by atoms with Crippen LogP contribution >= 0.6 is 11.8 Å². The fourth-order valence-electron chi connectivity index (χ4n) is 1.34. The van der Waals surface area contributed by atoms with Crippen LogP contribution in [0, 0.1) is 0 Å². The highest BCUT2D eigenvalue weighted by Crippen LogP contribution is 2.13. The lowest BCUT2D eigenvalue weighted by Gasteiger charge is -2.01. The van der Waals surface area contributed by atoms with E-state index in [0.717, 1.165) is 24.5 Å². The minimum atomic E-state index is 0.443. The van der Waals surface area contributed by atoms with Crippen molar-refractivity contribution in [1.82, 2.24) is 10.5 Å². The number of hydrogen-bond donors (Lipinski definition) is 1. The third-order valence-electron chi connectivity index (χ3n) is 2.31. The van der Waals surface area contributed by atoms with Crippen molar-refractivity contribution in [3.05, 3.63) is 17.5 Å². The summed E-state index contributed by atoms with van der Waals surface area (Å²) in [6.07, 6.45) is 1.21. The Balaban J connectivity index is 2.12. The van der Waals surface area contributed by atoms with E-state index in [1.54, 1.807) is 0 Å². The quantitative estimate of drug-likeness (QED) is 0.711. The number of hydrogen-bond acceptors (Lipinski definition) is 4. The van der Waals surface area contributed by atoms with Crippen LogP contribution in [0.3, 0.4) is 0 Å². The Hall–Kier alpha value is -0.480. The van der Waals surface area contributed by atoms with Gasteiger partial charge in [0.25, 0.3) is 0 Å². The van der Waals surface area contributed by atoms with E-state index >= 15 is 0 Å². The van der Waals surface area contributed by atoms with Gasteiger partial charge in [-0.05, 0) is 30.4 Å². The average Bonchev–Trinajstić information content (AvgIpc) is 2.72. The van der Waals surface area contributed by atoms with E-state index in [9.17, 15) is 0 Å². The van der Waals surface area contributed by atoms with Crippen molar-refractivity contribution in [2.24, 2.45) is 0 Å². The standard InChI is InChI=1S/C12H22N2OS/c1-4-16-7-5-6-13-9-11-8-12(10(2)3)14-15-11/h8,10,13H,4-7,9H2,1-3H3. The summed E-state index contributed by atoms with van der Waals surface area (Å²) < 4.78 is 5.24. The molecule has 0 aromatic carbocycles. The molecular weight excluding hydrogens is 220 g/mol. The molecule has 0 radical (unpaired) electrons. The maximum Gasteiger partial charge on any atom is 0.150 e. The van der Waals surface area contributed by atoms with Crippen LogP contribution in [0.4, 0.5) is 0 Å². The second-order valence-corrected chi connectivity index (χ2v) is 5.49. The first-order chi connectivity index (χ1) is 7.74. The van der Waals surface area contributed by atoms with E-state index < -0.39 is 0 Å². The van der Waals surface area contributed by atoms with Gasteiger partial charge in [0.2, 0.25) is 0 Å². The molecule has 0 saturated carbocycles. The van der Waals surface area contributed by atoms with Crippen molar-refractivity contribution in [3.63, 3.8) is 0 Å². The minimum absolute atomic E-state index is 0.443. The maximum atomic E-state index is 5.24. The maximum absolute atomic E-state index is 5.24. The fourth-order valence-corrected chi connectivity index (χ4v) is 1.98. The normalized spacial score (nSPS) is 11.2. The molecular formula is C12H22N2OS. The monoisotopic (exact) mass is 242 g/mol. The van der Waals surface area contributed by atoms with Gasteiger partial charge >= 0.3 is 0 Å². The molecule has 1 heterocycles. The molecule has 0 spiro atoms. The van der Waals surface area contributed by atoms with Crippen LogP contribution in [0.1, 0.15) is 44.6 Å². The highest BCUT2D eigenvalue weighted by molar-refractivity contribution is 7.99. The van der Waals surface area contributed by atoms with Gasteiger partial charge < -0.3 is 9.84 Å². The lowest BCUT2D eigenvalue weighted by Crippen LogP contribution is -2.14. The molecule has 0 saturated heterocycles. The summed E-state index contributed by atoms with van der Waals surface area (Å²) in [6.45, 7) is 8.27. The molecule has 16 heavy (non-hydrogen) atoms. The Kier molecular flexibility index (Phi) is 6.57. The molecule has 0 amide bonds. The van der Waals surface area contributed by atoms with E-state index in [-0.39, 0.29) is 0 Å². The summed E-state index contributed by atoms with van der Waals surface area (Å²) in [4.78, 5) is 0. The molecule has 0 fully saturated rings. The van der Waals surface area contributed by atoms with E-state index in [0.29, 0.717) is 5.92 Å². The Morgan fingerprint density at radius 2 is 2.31 bits per heavy atom. The zero-order chi connectivity index (χ0) is 11.8. The molecule has 0 aliphatic rings. The molecule has 0 atom stereocenters. The van der Waals surface area contributed by atoms with Gasteiger partial charge in [0.15, 0.2) is 5.76 Å². The van der Waals surface area contributed by atoms with Crippen LogP contribution in [0.25, 0.3) is 0 Å². The zero-order valence-corrected chi connectivity index (χ0v) is 11.3. The lowest BCUT2D eigenvalue weighted by atomic mass is 10.1. The lowest BCUT2D eigenvalue weighted by molar-refractivity contribution is 0.366. The van der Waals surface area contributed by atoms with Crippen molar-refractivity contribution >= 4 is 11.8 Å². The Labute approximate surface area is 102 Å². The smallest absolute Gasteiger partial charge is 0.150 e. The largest absolute Gasteiger partial charge is 0.360 e. The molecule has 0 aliphatic heterocycles. The molecule has 1 aromatic rings. The first kappa shape index (κ1) is 13.6. The molecule has 1 rings (SSSR count). The molecule has 0 aliphatic carbocycles. The molecule has 0 bridgehead atoms. The van der Waals surface area contributed by atoms with Crippen molar-refractivity contribution in [2.45, 2.75) is 39.7 Å². The van der Waals surface area contributed by atoms with Gasteiger partial charge in [0.05, 0.1) is 12.2 Å². The number of nitrogens with zero attached hydrogens (tertiary/aromatic N) is 1. The molecule has 1 N–H and O–H groups in total. The van der Waals surface area contributed by atoms with Crippen LogP contribution < -0.4 is 5.32 Å². The predicted octanol–water partition coefficient (Wildman–Crippen LogP) is 3.03. The van der Waals surface area contributed by atoms with Gasteiger partial charge in [0.1, 0.15) is 0 Å². The summed E-state index contributed by atoms with van der Waals surface area (Å²) >= 11 is 1.99. The fraction of sp³-hybridized carbons (Fsp3) is 0.750. The predicted molar refractivity (Wildman–Crippen MR) is 69.9 cm³/mol. The van der Waals surface area contributed by atoms with E-state index in [4.69, 9.17) is 4.52 Å². The first-order valence-corrected chi connectivity index (χ1v) is 7.13. The van der Waals surface area contributed by atoms with Crippen LogP contribution in [-0.2, 0) is 6.54 Å². The highest BCUT2D eigenvalue weighted by atomic mass is 32.2. The Bertz CT molecular complexity index is 286. The van der Waals surface area contributed by atoms with Crippen molar-refractivity contribution in [1.29, 1.82) is 0 Å². The number of thioether (sulfide) groups is 1. The van der Waals surface area contributed by atoms with Crippen LogP contribution in [0.5, 0.6) is 0 Å². The van der Waals surface area contributed by atoms with E-state index in [1.165, 1.54) is 17.9 Å². The molecule has 4 heteroatoms. The summed E-state index contributed by atoms with van der Waals surface area (Å²) in [5, 5.41) is 7.39. The number of nitrogens with one attached hydrogen (secondary N) is 1. The minimum Gasteiger partial charge on any atom is -0.360 e. The second kappa shape index (κ2) is 7.74. The van der Waals surface area contributed by atoms with E-state index in [1.807, 2.05) is 17.8 Å². The topological polar surface area (TPSA) is 38.1 Å². The van der Waals surface area contributed by atoms with Gasteiger partial charge in [0, 0.05) is 6.07 Å². The van der Waals surface area contributed by atoms with Crippen LogP contribution in [0.2, 0.25) is 0 Å². The van der Waals surface area contributed by atoms with Crippen molar-refractivity contribution in [3.8, 4) is 0 Å². The summed E-state index contributed by atoms with van der Waals surface area (Å²) in [5.74, 6) is 3.82. The van der Waals surface area contributed by atoms with E-state index in [2.05, 4.69) is 31.2 Å². The van der Waals surface area contributed by atoms with Gasteiger partial charge in [-0.3, -0.25) is 0 Å². The summed E-state index contributed by atoms with van der Waals surface area (Å²) in [5.41, 5.74) is 1.04. The molecule has 1 aromatic heterocycles. The number of rotatable bonds is 8. The zero-order valence-electron chi connectivity index (χ0n) is 10.5. The summed E-state index contributed by atoms with van der Waals surface area (Å²) in [7, 11) is 0. The molecule has 92 valence electrons. The Morgan fingerprint density at radius 1 is 1.50 bits per heavy atom. The number of aromatic nitrogens is 1. The van der Waals surface area contributed by atoms with Gasteiger partial charge in [-0.1, -0.05) is 25.9 Å². The van der Waals surface area contributed by atoms with Gasteiger partial charge in [-0.2, -0.15) is 11.8 Å². The molecule has 3 nitrogen and oxygen atoms in total. The van der Waals surface area contributed by atoms with Crippen molar-refractivity contribution < 1.29 is 4.52 Å². The van der Waals surface area contributed by atoms with Gasteiger partial charge in [-0.15, -0.1) is 0 Å². The third-order valence-corrected chi connectivity index (χ3v) is 3.30. The third kappa shape index (κ3) is 5.03. The summed E-state index contributed by atoms with van der Waals surface area (Å²) in [6, 6.07) is 2.04.